The van der Waals surface area contributed by atoms with Crippen LogP contribution in [0.1, 0.15) is 11.1 Å². The number of benzene rings is 2. The first-order valence-electron chi connectivity index (χ1n) is 7.99. The van der Waals surface area contributed by atoms with Crippen molar-refractivity contribution >= 4 is 17.0 Å². The van der Waals surface area contributed by atoms with Crippen LogP contribution in [0, 0.1) is 0 Å². The zero-order chi connectivity index (χ0) is 17.6. The molecule has 0 bridgehead atoms. The standard InChI is InChI=1S/C19H20N2O4/c1-23-16-6-4-14(10-18(16)24-2)11-19(22)20-8-7-13-3-5-15-17(9-13)25-12-21-15/h3-6,9-10,12H,7-8,11H2,1-2H3,(H,20,22). The minimum absolute atomic E-state index is 0.0343. The Hall–Kier alpha value is -3.02. The van der Waals surface area contributed by atoms with Crippen LogP contribution in [0.4, 0.5) is 0 Å². The van der Waals surface area contributed by atoms with Gasteiger partial charge in [-0.2, -0.15) is 0 Å². The number of hydrogen-bond acceptors (Lipinski definition) is 5. The highest BCUT2D eigenvalue weighted by atomic mass is 16.5. The van der Waals surface area contributed by atoms with E-state index in [1.54, 1.807) is 20.3 Å². The molecule has 25 heavy (non-hydrogen) atoms. The lowest BCUT2D eigenvalue weighted by molar-refractivity contribution is -0.120. The lowest BCUT2D eigenvalue weighted by Crippen LogP contribution is -2.27. The van der Waals surface area contributed by atoms with Gasteiger partial charge in [0.2, 0.25) is 5.91 Å². The summed E-state index contributed by atoms with van der Waals surface area (Å²) in [4.78, 5) is 16.2. The number of methoxy groups -OCH3 is 2. The van der Waals surface area contributed by atoms with Crippen LogP contribution in [0.3, 0.4) is 0 Å². The number of rotatable bonds is 7. The topological polar surface area (TPSA) is 73.6 Å². The van der Waals surface area contributed by atoms with Crippen molar-refractivity contribution in [3.63, 3.8) is 0 Å². The molecule has 0 aliphatic carbocycles. The second-order valence-corrected chi connectivity index (χ2v) is 5.62. The number of fused-ring (bicyclic) bond motifs is 1. The zero-order valence-corrected chi connectivity index (χ0v) is 14.2. The lowest BCUT2D eigenvalue weighted by Gasteiger charge is -2.10. The van der Waals surface area contributed by atoms with E-state index in [4.69, 9.17) is 13.9 Å². The molecule has 6 nitrogen and oxygen atoms in total. The fourth-order valence-electron chi connectivity index (χ4n) is 2.64. The summed E-state index contributed by atoms with van der Waals surface area (Å²) in [5.74, 6) is 1.23. The SMILES string of the molecule is COc1ccc(CC(=O)NCCc2ccc3ncoc3c2)cc1OC. The Morgan fingerprint density at radius 1 is 1.08 bits per heavy atom. The first kappa shape index (κ1) is 16.8. The van der Waals surface area contributed by atoms with Crippen molar-refractivity contribution < 1.29 is 18.7 Å². The largest absolute Gasteiger partial charge is 0.493 e. The van der Waals surface area contributed by atoms with Gasteiger partial charge < -0.3 is 19.2 Å². The van der Waals surface area contributed by atoms with Crippen molar-refractivity contribution in [3.8, 4) is 11.5 Å². The van der Waals surface area contributed by atoms with E-state index >= 15 is 0 Å². The van der Waals surface area contributed by atoms with Gasteiger partial charge in [0.05, 0.1) is 20.6 Å². The third-order valence-electron chi connectivity index (χ3n) is 3.94. The highest BCUT2D eigenvalue weighted by molar-refractivity contribution is 5.79. The van der Waals surface area contributed by atoms with Crippen molar-refractivity contribution in [3.05, 3.63) is 53.9 Å². The summed E-state index contributed by atoms with van der Waals surface area (Å²) in [7, 11) is 3.16. The third-order valence-corrected chi connectivity index (χ3v) is 3.94. The summed E-state index contributed by atoms with van der Waals surface area (Å²) >= 11 is 0. The van der Waals surface area contributed by atoms with E-state index in [-0.39, 0.29) is 5.91 Å². The zero-order valence-electron chi connectivity index (χ0n) is 14.2. The number of nitrogens with one attached hydrogen (secondary N) is 1. The predicted octanol–water partition coefficient (Wildman–Crippen LogP) is 2.75. The summed E-state index contributed by atoms with van der Waals surface area (Å²) in [6, 6.07) is 11.3. The molecule has 6 heteroatoms. The predicted molar refractivity (Wildman–Crippen MR) is 94.0 cm³/mol. The van der Waals surface area contributed by atoms with Crippen LogP contribution in [0.2, 0.25) is 0 Å². The van der Waals surface area contributed by atoms with Crippen LogP contribution in [-0.4, -0.2) is 31.7 Å². The second-order valence-electron chi connectivity index (χ2n) is 5.62. The van der Waals surface area contributed by atoms with Crippen LogP contribution in [0.5, 0.6) is 11.5 Å². The highest BCUT2D eigenvalue weighted by Gasteiger charge is 2.08. The minimum atomic E-state index is -0.0343. The number of ether oxygens (including phenoxy) is 2. The molecule has 0 aliphatic rings. The van der Waals surface area contributed by atoms with E-state index in [0.29, 0.717) is 24.5 Å². The van der Waals surface area contributed by atoms with E-state index in [1.165, 1.54) is 6.39 Å². The van der Waals surface area contributed by atoms with Crippen molar-refractivity contribution in [1.29, 1.82) is 0 Å². The smallest absolute Gasteiger partial charge is 0.224 e. The second kappa shape index (κ2) is 7.70. The quantitative estimate of drug-likeness (QED) is 0.716. The summed E-state index contributed by atoms with van der Waals surface area (Å²) in [5.41, 5.74) is 3.56. The molecule has 0 atom stereocenters. The average molecular weight is 340 g/mol. The minimum Gasteiger partial charge on any atom is -0.493 e. The molecule has 0 unspecified atom stereocenters. The van der Waals surface area contributed by atoms with Crippen LogP contribution in [0.15, 0.2) is 47.2 Å². The Morgan fingerprint density at radius 3 is 2.68 bits per heavy atom. The number of aromatic nitrogens is 1. The van der Waals surface area contributed by atoms with Crippen molar-refractivity contribution in [1.82, 2.24) is 10.3 Å². The third kappa shape index (κ3) is 4.09. The van der Waals surface area contributed by atoms with Gasteiger partial charge in [-0.1, -0.05) is 12.1 Å². The highest BCUT2D eigenvalue weighted by Crippen LogP contribution is 2.27. The van der Waals surface area contributed by atoms with Gasteiger partial charge >= 0.3 is 0 Å². The molecule has 0 saturated heterocycles. The molecule has 1 heterocycles. The number of amides is 1. The van der Waals surface area contributed by atoms with Gasteiger partial charge in [-0.25, -0.2) is 4.98 Å². The van der Waals surface area contributed by atoms with E-state index in [0.717, 1.165) is 28.6 Å². The molecule has 3 aromatic rings. The summed E-state index contributed by atoms with van der Waals surface area (Å²) < 4.78 is 15.7. The molecule has 2 aromatic carbocycles. The maximum atomic E-state index is 12.1. The molecule has 1 N–H and O–H groups in total. The van der Waals surface area contributed by atoms with Gasteiger partial charge in [-0.15, -0.1) is 0 Å². The van der Waals surface area contributed by atoms with Crippen LogP contribution < -0.4 is 14.8 Å². The molecule has 0 spiro atoms. The molecule has 0 fully saturated rings. The first-order chi connectivity index (χ1) is 12.2. The monoisotopic (exact) mass is 340 g/mol. The van der Waals surface area contributed by atoms with Crippen LogP contribution >= 0.6 is 0 Å². The molecule has 0 radical (unpaired) electrons. The molecule has 3 rings (SSSR count). The number of hydrogen-bond donors (Lipinski definition) is 1. The van der Waals surface area contributed by atoms with E-state index in [9.17, 15) is 4.79 Å². The first-order valence-corrected chi connectivity index (χ1v) is 7.99. The van der Waals surface area contributed by atoms with Crippen molar-refractivity contribution in [2.24, 2.45) is 0 Å². The molecule has 1 amide bonds. The Labute approximate surface area is 145 Å². The van der Waals surface area contributed by atoms with E-state index in [1.807, 2.05) is 30.3 Å². The molecule has 0 saturated carbocycles. The molecule has 1 aromatic heterocycles. The summed E-state index contributed by atoms with van der Waals surface area (Å²) in [5, 5.41) is 2.93. The van der Waals surface area contributed by atoms with Crippen LogP contribution in [0.25, 0.3) is 11.1 Å². The number of nitrogens with zero attached hydrogens (tertiary/aromatic N) is 1. The summed E-state index contributed by atoms with van der Waals surface area (Å²) in [6.07, 6.45) is 2.45. The summed E-state index contributed by atoms with van der Waals surface area (Å²) in [6.45, 7) is 0.561. The maximum Gasteiger partial charge on any atom is 0.224 e. The Balaban J connectivity index is 1.52. The van der Waals surface area contributed by atoms with Gasteiger partial charge in [0.25, 0.3) is 0 Å². The van der Waals surface area contributed by atoms with Gasteiger partial charge in [-0.05, 0) is 41.8 Å². The fraction of sp³-hybridized carbons (Fsp3) is 0.263. The Bertz CT molecular complexity index is 873. The molecular formula is C19H20N2O4. The molecule has 0 aliphatic heterocycles. The Kier molecular flexibility index (Phi) is 5.18. The van der Waals surface area contributed by atoms with Crippen molar-refractivity contribution in [2.45, 2.75) is 12.8 Å². The lowest BCUT2D eigenvalue weighted by atomic mass is 10.1. The fourth-order valence-corrected chi connectivity index (χ4v) is 2.64. The maximum absolute atomic E-state index is 12.1. The average Bonchev–Trinajstić information content (AvgIpc) is 3.09. The van der Waals surface area contributed by atoms with E-state index in [2.05, 4.69) is 10.3 Å². The van der Waals surface area contributed by atoms with E-state index < -0.39 is 0 Å². The van der Waals surface area contributed by atoms with Crippen LogP contribution in [-0.2, 0) is 17.6 Å². The molecule has 130 valence electrons. The Morgan fingerprint density at radius 2 is 1.88 bits per heavy atom. The van der Waals surface area contributed by atoms with Gasteiger partial charge in [-0.3, -0.25) is 4.79 Å². The number of carbonyl (C=O) groups excluding carboxylic acids is 1. The van der Waals surface area contributed by atoms with Gasteiger partial charge in [0.15, 0.2) is 23.5 Å². The van der Waals surface area contributed by atoms with Crippen molar-refractivity contribution in [2.75, 3.05) is 20.8 Å². The normalized spacial score (nSPS) is 10.6. The number of carbonyl (C=O) groups is 1. The van der Waals surface area contributed by atoms with Gasteiger partial charge in [0.1, 0.15) is 5.52 Å². The van der Waals surface area contributed by atoms with Gasteiger partial charge in [0, 0.05) is 6.54 Å². The number of oxazole rings is 1. The molecular weight excluding hydrogens is 320 g/mol.